The van der Waals surface area contributed by atoms with E-state index in [1.54, 1.807) is 17.0 Å². The topological polar surface area (TPSA) is 88.9 Å². The predicted molar refractivity (Wildman–Crippen MR) is 120 cm³/mol. The molecule has 1 atom stereocenters. The number of amides is 1. The molecule has 1 aliphatic rings. The maximum absolute atomic E-state index is 13.1. The Morgan fingerprint density at radius 1 is 1.18 bits per heavy atom. The molecule has 0 aliphatic carbocycles. The number of rotatable bonds is 7. The monoisotopic (exact) mass is 448 g/mol. The first-order valence-electron chi connectivity index (χ1n) is 11.0. The summed E-state index contributed by atoms with van der Waals surface area (Å²) in [6, 6.07) is 14.0. The fourth-order valence-corrected chi connectivity index (χ4v) is 4.30. The molecule has 1 saturated heterocycles. The lowest BCUT2D eigenvalue weighted by Gasteiger charge is -2.22. The third-order valence-corrected chi connectivity index (χ3v) is 6.04. The number of halogens is 1. The maximum Gasteiger partial charge on any atom is 0.249 e. The van der Waals surface area contributed by atoms with Crippen LogP contribution in [0, 0.1) is 5.82 Å². The Morgan fingerprint density at radius 3 is 2.82 bits per heavy atom. The SMILES string of the molecule is Cn1c(COCC(=O)N2CCC[C@H]2c2n[nH]c(Cc3ccc(F)cc3)n2)nc2ccccc21. The number of H-pyrrole nitrogens is 1. The second-order valence-electron chi connectivity index (χ2n) is 8.26. The van der Waals surface area contributed by atoms with E-state index in [2.05, 4.69) is 20.2 Å². The van der Waals surface area contributed by atoms with Gasteiger partial charge in [-0.2, -0.15) is 5.10 Å². The summed E-state index contributed by atoms with van der Waals surface area (Å²) in [5, 5.41) is 7.30. The fourth-order valence-electron chi connectivity index (χ4n) is 4.30. The molecule has 2 aromatic heterocycles. The highest BCUT2D eigenvalue weighted by Crippen LogP contribution is 2.30. The van der Waals surface area contributed by atoms with Crippen molar-refractivity contribution in [2.24, 2.45) is 7.05 Å². The van der Waals surface area contributed by atoms with Crippen molar-refractivity contribution in [3.8, 4) is 0 Å². The number of hydrogen-bond donors (Lipinski definition) is 1. The highest BCUT2D eigenvalue weighted by Gasteiger charge is 2.32. The smallest absolute Gasteiger partial charge is 0.249 e. The number of ether oxygens (including phenoxy) is 1. The first-order chi connectivity index (χ1) is 16.1. The molecule has 1 amide bonds. The zero-order valence-electron chi connectivity index (χ0n) is 18.4. The molecule has 5 rings (SSSR count). The van der Waals surface area contributed by atoms with Gasteiger partial charge in [-0.15, -0.1) is 0 Å². The van der Waals surface area contributed by atoms with Gasteiger partial charge in [-0.1, -0.05) is 24.3 Å². The maximum atomic E-state index is 13.1. The van der Waals surface area contributed by atoms with Gasteiger partial charge in [-0.3, -0.25) is 9.89 Å². The van der Waals surface area contributed by atoms with Crippen LogP contribution < -0.4 is 0 Å². The number of aryl methyl sites for hydroxylation is 1. The molecule has 8 nitrogen and oxygen atoms in total. The fraction of sp³-hybridized carbons (Fsp3) is 0.333. The number of benzene rings is 2. The van der Waals surface area contributed by atoms with Crippen molar-refractivity contribution < 1.29 is 13.9 Å². The van der Waals surface area contributed by atoms with Gasteiger partial charge in [-0.25, -0.2) is 14.4 Å². The third-order valence-electron chi connectivity index (χ3n) is 6.04. The van der Waals surface area contributed by atoms with Crippen LogP contribution in [0.15, 0.2) is 48.5 Å². The Morgan fingerprint density at radius 2 is 2.00 bits per heavy atom. The van der Waals surface area contributed by atoms with Gasteiger partial charge in [0, 0.05) is 20.0 Å². The number of nitrogens with one attached hydrogen (secondary N) is 1. The summed E-state index contributed by atoms with van der Waals surface area (Å²) in [4.78, 5) is 23.8. The highest BCUT2D eigenvalue weighted by atomic mass is 19.1. The predicted octanol–water partition coefficient (Wildman–Crippen LogP) is 3.30. The Labute approximate surface area is 190 Å². The molecule has 1 aliphatic heterocycles. The van der Waals surface area contributed by atoms with E-state index in [0.717, 1.165) is 35.3 Å². The van der Waals surface area contributed by atoms with E-state index in [4.69, 9.17) is 4.74 Å². The molecular formula is C24H25FN6O2. The first kappa shape index (κ1) is 21.3. The zero-order chi connectivity index (χ0) is 22.8. The van der Waals surface area contributed by atoms with E-state index in [-0.39, 0.29) is 31.0 Å². The number of likely N-dealkylation sites (tertiary alicyclic amines) is 1. The van der Waals surface area contributed by atoms with Crippen LogP contribution in [0.3, 0.4) is 0 Å². The Balaban J connectivity index is 1.19. The standard InChI is InChI=1S/C24H25FN6O2/c1-30-19-6-3-2-5-18(19)26-22(30)14-33-15-23(32)31-12-4-7-20(31)24-27-21(28-29-24)13-16-8-10-17(25)11-9-16/h2-3,5-6,8-11,20H,4,7,12-15H2,1H3,(H,27,28,29)/t20-/m0/s1. The lowest BCUT2D eigenvalue weighted by molar-refractivity contribution is -0.137. The summed E-state index contributed by atoms with van der Waals surface area (Å²) in [5.74, 6) is 1.72. The average molecular weight is 449 g/mol. The number of carbonyl (C=O) groups excluding carboxylic acids is 1. The molecule has 9 heteroatoms. The van der Waals surface area contributed by atoms with Gasteiger partial charge in [0.2, 0.25) is 5.91 Å². The van der Waals surface area contributed by atoms with Crippen molar-refractivity contribution in [2.75, 3.05) is 13.2 Å². The van der Waals surface area contributed by atoms with Gasteiger partial charge >= 0.3 is 0 Å². The van der Waals surface area contributed by atoms with E-state index in [1.807, 2.05) is 35.9 Å². The second-order valence-corrected chi connectivity index (χ2v) is 8.26. The molecular weight excluding hydrogens is 423 g/mol. The lowest BCUT2D eigenvalue weighted by atomic mass is 10.1. The van der Waals surface area contributed by atoms with Gasteiger partial charge in [0.1, 0.15) is 30.7 Å². The quantitative estimate of drug-likeness (QED) is 0.469. The molecule has 1 fully saturated rings. The van der Waals surface area contributed by atoms with Crippen molar-refractivity contribution in [3.05, 3.63) is 77.4 Å². The van der Waals surface area contributed by atoms with Gasteiger partial charge in [0.15, 0.2) is 5.82 Å². The number of hydrogen-bond acceptors (Lipinski definition) is 5. The number of imidazole rings is 1. The minimum Gasteiger partial charge on any atom is -0.364 e. The average Bonchev–Trinajstić information content (AvgIpc) is 3.55. The Hall–Kier alpha value is -3.59. The van der Waals surface area contributed by atoms with E-state index in [9.17, 15) is 9.18 Å². The first-order valence-corrected chi connectivity index (χ1v) is 11.0. The molecule has 0 unspecified atom stereocenters. The summed E-state index contributed by atoms with van der Waals surface area (Å²) in [6.45, 7) is 0.894. The molecule has 33 heavy (non-hydrogen) atoms. The van der Waals surface area contributed by atoms with Crippen LogP contribution >= 0.6 is 0 Å². The Kier molecular flexibility index (Phi) is 5.87. The number of para-hydroxylation sites is 2. The molecule has 3 heterocycles. The zero-order valence-corrected chi connectivity index (χ0v) is 18.4. The van der Waals surface area contributed by atoms with E-state index in [0.29, 0.717) is 24.6 Å². The number of carbonyl (C=O) groups is 1. The van der Waals surface area contributed by atoms with E-state index in [1.165, 1.54) is 12.1 Å². The summed E-state index contributed by atoms with van der Waals surface area (Å²) in [6.07, 6.45) is 2.22. The summed E-state index contributed by atoms with van der Waals surface area (Å²) in [5.41, 5.74) is 2.88. The molecule has 2 aromatic carbocycles. The minimum atomic E-state index is -0.268. The largest absolute Gasteiger partial charge is 0.364 e. The van der Waals surface area contributed by atoms with Crippen LogP contribution in [0.1, 0.15) is 41.9 Å². The number of aromatic amines is 1. The lowest BCUT2D eigenvalue weighted by Crippen LogP contribution is -2.34. The van der Waals surface area contributed by atoms with Gasteiger partial charge in [0.05, 0.1) is 17.1 Å². The molecule has 4 aromatic rings. The van der Waals surface area contributed by atoms with Gasteiger partial charge in [0.25, 0.3) is 0 Å². The molecule has 0 saturated carbocycles. The Bertz CT molecular complexity index is 1270. The summed E-state index contributed by atoms with van der Waals surface area (Å²) in [7, 11) is 1.94. The van der Waals surface area contributed by atoms with Crippen molar-refractivity contribution in [1.29, 1.82) is 0 Å². The van der Waals surface area contributed by atoms with Crippen LogP contribution in [-0.4, -0.2) is 48.7 Å². The van der Waals surface area contributed by atoms with Crippen molar-refractivity contribution in [1.82, 2.24) is 29.6 Å². The van der Waals surface area contributed by atoms with Crippen molar-refractivity contribution in [2.45, 2.75) is 31.9 Å². The van der Waals surface area contributed by atoms with Gasteiger partial charge in [-0.05, 0) is 42.7 Å². The van der Waals surface area contributed by atoms with Gasteiger partial charge < -0.3 is 14.2 Å². The molecule has 0 bridgehead atoms. The summed E-state index contributed by atoms with van der Waals surface area (Å²) < 4.78 is 20.8. The van der Waals surface area contributed by atoms with Crippen LogP contribution in [0.25, 0.3) is 11.0 Å². The number of nitrogens with zero attached hydrogens (tertiary/aromatic N) is 5. The third kappa shape index (κ3) is 4.49. The van der Waals surface area contributed by atoms with Crippen LogP contribution in [0.2, 0.25) is 0 Å². The van der Waals surface area contributed by atoms with E-state index < -0.39 is 0 Å². The van der Waals surface area contributed by atoms with Crippen molar-refractivity contribution in [3.63, 3.8) is 0 Å². The number of fused-ring (bicyclic) bond motifs is 1. The minimum absolute atomic E-state index is 0.0213. The normalized spacial score (nSPS) is 16.1. The molecule has 1 N–H and O–H groups in total. The second kappa shape index (κ2) is 9.11. The van der Waals surface area contributed by atoms with E-state index >= 15 is 0 Å². The number of aromatic nitrogens is 5. The molecule has 0 radical (unpaired) electrons. The molecule has 0 spiro atoms. The van der Waals surface area contributed by atoms with Crippen LogP contribution in [0.5, 0.6) is 0 Å². The van der Waals surface area contributed by atoms with Crippen LogP contribution in [0.4, 0.5) is 4.39 Å². The summed E-state index contributed by atoms with van der Waals surface area (Å²) >= 11 is 0. The van der Waals surface area contributed by atoms with Crippen molar-refractivity contribution >= 4 is 16.9 Å². The highest BCUT2D eigenvalue weighted by molar-refractivity contribution is 5.78. The van der Waals surface area contributed by atoms with Crippen LogP contribution in [-0.2, 0) is 29.6 Å². The molecule has 170 valence electrons.